The molecule has 14 aromatic carbocycles. The fraction of sp³-hybridized carbons (Fsp3) is 0.0127. The van der Waals surface area contributed by atoms with Crippen LogP contribution in [0, 0.1) is 0 Å². The second-order valence-corrected chi connectivity index (χ2v) is 22.2. The molecule has 374 valence electrons. The molecule has 0 saturated carbocycles. The number of hydrogen-bond acceptors (Lipinski definition) is 0. The average molecular weight is 1030 g/mol. The lowest BCUT2D eigenvalue weighted by molar-refractivity contribution is 0.796. The van der Waals surface area contributed by atoms with Crippen molar-refractivity contribution in [3.8, 4) is 67.0 Å². The molecule has 2 nitrogen and oxygen atoms in total. The molecule has 16 aromatic rings. The van der Waals surface area contributed by atoms with Gasteiger partial charge in [0.15, 0.2) is 0 Å². The third-order valence-electron chi connectivity index (χ3n) is 18.3. The predicted octanol–water partition coefficient (Wildman–Crippen LogP) is 20.7. The van der Waals surface area contributed by atoms with Gasteiger partial charge in [0.05, 0.1) is 27.5 Å². The van der Waals surface area contributed by atoms with Crippen LogP contribution in [0.15, 0.2) is 291 Å². The topological polar surface area (TPSA) is 9.86 Å². The second kappa shape index (κ2) is 16.7. The number of fused-ring (bicyclic) bond motifs is 20. The Hall–Kier alpha value is -10.5. The normalized spacial score (nSPS) is 13.0. The monoisotopic (exact) mass is 1020 g/mol. The largest absolute Gasteiger partial charge is 0.309 e. The quantitative estimate of drug-likeness (QED) is 0.152. The number of hydrogen-bond donors (Lipinski definition) is 0. The van der Waals surface area contributed by atoms with E-state index in [1.54, 1.807) is 0 Å². The summed E-state index contributed by atoms with van der Waals surface area (Å²) in [6, 6.07) is 110. The summed E-state index contributed by atoms with van der Waals surface area (Å²) in [5, 5.41) is 12.4. The molecule has 2 heteroatoms. The minimum Gasteiger partial charge on any atom is -0.309 e. The van der Waals surface area contributed by atoms with Gasteiger partial charge in [-0.1, -0.05) is 218 Å². The second-order valence-electron chi connectivity index (χ2n) is 22.2. The van der Waals surface area contributed by atoms with Gasteiger partial charge < -0.3 is 9.13 Å². The molecule has 81 heavy (non-hydrogen) atoms. The van der Waals surface area contributed by atoms with Gasteiger partial charge >= 0.3 is 0 Å². The highest BCUT2D eigenvalue weighted by molar-refractivity contribution is 6.23. The van der Waals surface area contributed by atoms with Gasteiger partial charge in [-0.05, 0) is 183 Å². The van der Waals surface area contributed by atoms with Gasteiger partial charge in [0.1, 0.15) is 0 Å². The van der Waals surface area contributed by atoms with Gasteiger partial charge in [-0.25, -0.2) is 0 Å². The van der Waals surface area contributed by atoms with Gasteiger partial charge in [0.2, 0.25) is 0 Å². The highest BCUT2D eigenvalue weighted by atomic mass is 15.0. The highest BCUT2D eigenvalue weighted by Crippen LogP contribution is 2.66. The maximum atomic E-state index is 2.55. The van der Waals surface area contributed by atoms with Crippen molar-refractivity contribution < 1.29 is 0 Å². The SMILES string of the molecule is c1ccc(-n2c3ccccc3c3cc(-c4cccc5c(-c6cc7ccccc7c7c6C6(c8ccccc8-c8ccccc86)c6ccccc6-7)c6cccc(-c7ccc8c(c7)c7ccccc7n8-c7ccccc7)c6cc45)ccc32)cc1. The Labute approximate surface area is 468 Å². The predicted molar refractivity (Wildman–Crippen MR) is 340 cm³/mol. The first-order chi connectivity index (χ1) is 40.2. The fourth-order valence-electron chi connectivity index (χ4n) is 15.1. The lowest BCUT2D eigenvalue weighted by atomic mass is 9.68. The van der Waals surface area contributed by atoms with E-state index in [2.05, 4.69) is 300 Å². The van der Waals surface area contributed by atoms with E-state index in [-0.39, 0.29) is 0 Å². The zero-order chi connectivity index (χ0) is 52.9. The van der Waals surface area contributed by atoms with Gasteiger partial charge in [-0.2, -0.15) is 0 Å². The zero-order valence-corrected chi connectivity index (χ0v) is 44.1. The van der Waals surface area contributed by atoms with E-state index in [9.17, 15) is 0 Å². The molecule has 2 aliphatic rings. The van der Waals surface area contributed by atoms with Crippen LogP contribution >= 0.6 is 0 Å². The van der Waals surface area contributed by atoms with Gasteiger partial charge in [0.25, 0.3) is 0 Å². The Morgan fingerprint density at radius 2 is 0.630 bits per heavy atom. The van der Waals surface area contributed by atoms with E-state index < -0.39 is 5.41 Å². The molecule has 1 spiro atoms. The Balaban J connectivity index is 0.983. The van der Waals surface area contributed by atoms with Crippen LogP contribution in [0.25, 0.3) is 143 Å². The minimum absolute atomic E-state index is 0.585. The van der Waals surface area contributed by atoms with Crippen molar-refractivity contribution in [1.29, 1.82) is 0 Å². The summed E-state index contributed by atoms with van der Waals surface area (Å²) >= 11 is 0. The fourth-order valence-corrected chi connectivity index (χ4v) is 15.1. The third-order valence-corrected chi connectivity index (χ3v) is 18.3. The van der Waals surface area contributed by atoms with E-state index in [1.807, 2.05) is 0 Å². The van der Waals surface area contributed by atoms with E-state index in [0.29, 0.717) is 0 Å². The standard InChI is InChI=1S/C79H48N2/c1-3-22-52(23-4-1)80-72-39-17-12-29-59(72)66-45-50(41-43-74(66)80)54-32-19-34-61-64(54)48-65-55(51-42-44-75-67(46-51)60-30-13-18-40-73(60)81(75)53-24-5-2-6-25-53)33-20-35-62(65)76(61)68-47-49-21-7-8-26-56(49)77-63-31-11-16-38-71(63)79(78(68)77)69-36-14-9-27-57(69)58-28-10-15-37-70(58)79/h1-48H. The van der Waals surface area contributed by atoms with Crippen LogP contribution in [0.3, 0.4) is 0 Å². The third kappa shape index (κ3) is 6.00. The Morgan fingerprint density at radius 1 is 0.222 bits per heavy atom. The molecule has 0 unspecified atom stereocenters. The lowest BCUT2D eigenvalue weighted by Gasteiger charge is -2.33. The summed E-state index contributed by atoms with van der Waals surface area (Å²) in [4.78, 5) is 0. The molecule has 0 amide bonds. The van der Waals surface area contributed by atoms with Gasteiger partial charge in [0, 0.05) is 32.9 Å². The molecule has 0 bridgehead atoms. The molecular weight excluding hydrogens is 977 g/mol. The first-order valence-electron chi connectivity index (χ1n) is 28.2. The van der Waals surface area contributed by atoms with Crippen molar-refractivity contribution in [2.24, 2.45) is 0 Å². The Morgan fingerprint density at radius 3 is 1.17 bits per heavy atom. The van der Waals surface area contributed by atoms with Crippen molar-refractivity contribution >= 4 is 75.9 Å². The van der Waals surface area contributed by atoms with Crippen molar-refractivity contribution in [2.45, 2.75) is 5.41 Å². The minimum atomic E-state index is -0.585. The number of para-hydroxylation sites is 4. The first-order valence-corrected chi connectivity index (χ1v) is 28.2. The first kappa shape index (κ1) is 44.4. The van der Waals surface area contributed by atoms with Crippen LogP contribution in [0.2, 0.25) is 0 Å². The molecular formula is C79H48N2. The van der Waals surface area contributed by atoms with E-state index in [0.717, 1.165) is 11.4 Å². The summed E-state index contributed by atoms with van der Waals surface area (Å²) in [5.74, 6) is 0. The molecule has 0 atom stereocenters. The maximum absolute atomic E-state index is 2.55. The average Bonchev–Trinajstić information content (AvgIpc) is 2.39. The van der Waals surface area contributed by atoms with Crippen molar-refractivity contribution in [1.82, 2.24) is 9.13 Å². The summed E-state index contributed by atoms with van der Waals surface area (Å²) in [6.45, 7) is 0. The van der Waals surface area contributed by atoms with Gasteiger partial charge in [-0.15, -0.1) is 0 Å². The molecule has 2 aliphatic carbocycles. The zero-order valence-electron chi connectivity index (χ0n) is 44.1. The molecule has 0 radical (unpaired) electrons. The molecule has 0 N–H and O–H groups in total. The lowest BCUT2D eigenvalue weighted by Crippen LogP contribution is -2.26. The van der Waals surface area contributed by atoms with Gasteiger partial charge in [-0.3, -0.25) is 0 Å². The summed E-state index contributed by atoms with van der Waals surface area (Å²) in [6.07, 6.45) is 0. The van der Waals surface area contributed by atoms with Crippen LogP contribution < -0.4 is 0 Å². The molecule has 0 aliphatic heterocycles. The summed E-state index contributed by atoms with van der Waals surface area (Å²) < 4.78 is 4.83. The van der Waals surface area contributed by atoms with Crippen molar-refractivity contribution in [3.63, 3.8) is 0 Å². The van der Waals surface area contributed by atoms with Crippen molar-refractivity contribution in [3.05, 3.63) is 313 Å². The van der Waals surface area contributed by atoms with E-state index in [4.69, 9.17) is 0 Å². The smallest absolute Gasteiger partial charge is 0.0731 e. The number of nitrogens with zero attached hydrogens (tertiary/aromatic N) is 2. The van der Waals surface area contributed by atoms with Crippen LogP contribution in [0.4, 0.5) is 0 Å². The van der Waals surface area contributed by atoms with E-state index >= 15 is 0 Å². The summed E-state index contributed by atoms with van der Waals surface area (Å²) in [7, 11) is 0. The Bertz CT molecular complexity index is 5080. The van der Waals surface area contributed by atoms with Crippen LogP contribution in [0.5, 0.6) is 0 Å². The molecule has 2 heterocycles. The Kier molecular flexibility index (Phi) is 9.18. The van der Waals surface area contributed by atoms with Crippen molar-refractivity contribution in [2.75, 3.05) is 0 Å². The molecule has 2 aromatic heterocycles. The number of rotatable bonds is 5. The molecule has 0 fully saturated rings. The molecule has 0 saturated heterocycles. The van der Waals surface area contributed by atoms with Crippen LogP contribution in [0.1, 0.15) is 22.3 Å². The number of benzene rings is 14. The number of aromatic nitrogens is 2. The summed E-state index contributed by atoms with van der Waals surface area (Å²) in [5.41, 5.74) is 24.4. The maximum Gasteiger partial charge on any atom is 0.0731 e. The van der Waals surface area contributed by atoms with Crippen LogP contribution in [-0.4, -0.2) is 9.13 Å². The van der Waals surface area contributed by atoms with E-state index in [1.165, 1.54) is 154 Å². The highest BCUT2D eigenvalue weighted by Gasteiger charge is 2.53. The van der Waals surface area contributed by atoms with Crippen LogP contribution in [-0.2, 0) is 5.41 Å². The molecule has 18 rings (SSSR count).